The van der Waals surface area contributed by atoms with E-state index in [2.05, 4.69) is 16.0 Å². The van der Waals surface area contributed by atoms with Crippen LogP contribution < -0.4 is 16.0 Å². The van der Waals surface area contributed by atoms with E-state index in [9.17, 15) is 19.2 Å². The van der Waals surface area contributed by atoms with Crippen molar-refractivity contribution in [2.24, 2.45) is 5.92 Å². The Hall–Kier alpha value is -3.88. The summed E-state index contributed by atoms with van der Waals surface area (Å²) in [7, 11) is 1.25. The van der Waals surface area contributed by atoms with Crippen LogP contribution in [-0.2, 0) is 36.9 Å². The molecule has 0 bridgehead atoms. The fraction of sp³-hybridized carbons (Fsp3) is 0.360. The predicted octanol–water partition coefficient (Wildman–Crippen LogP) is 1.95. The Balaban J connectivity index is 1.97. The molecule has 0 saturated carbocycles. The SMILES string of the molecule is COC(=O)[C@H](NC(=O)[C@H](Cc1ccccc1)NC(=O)CNC(=O)OCc1ccccc1)C(C)C. The summed E-state index contributed by atoms with van der Waals surface area (Å²) in [5, 5.41) is 7.65. The molecule has 3 amide bonds. The predicted molar refractivity (Wildman–Crippen MR) is 125 cm³/mol. The lowest BCUT2D eigenvalue weighted by atomic mass is 10.0. The molecule has 0 heterocycles. The second kappa shape index (κ2) is 13.6. The Morgan fingerprint density at radius 3 is 2.00 bits per heavy atom. The van der Waals surface area contributed by atoms with Gasteiger partial charge in [-0.15, -0.1) is 0 Å². The number of ether oxygens (including phenoxy) is 2. The second-order valence-corrected chi connectivity index (χ2v) is 7.98. The number of hydrogen-bond acceptors (Lipinski definition) is 6. The van der Waals surface area contributed by atoms with Crippen molar-refractivity contribution in [3.63, 3.8) is 0 Å². The van der Waals surface area contributed by atoms with Gasteiger partial charge in [-0.2, -0.15) is 0 Å². The zero-order valence-corrected chi connectivity index (χ0v) is 19.6. The summed E-state index contributed by atoms with van der Waals surface area (Å²) in [5.41, 5.74) is 1.63. The lowest BCUT2D eigenvalue weighted by molar-refractivity contribution is -0.146. The van der Waals surface area contributed by atoms with Gasteiger partial charge in [0.2, 0.25) is 11.8 Å². The van der Waals surface area contributed by atoms with Crippen LogP contribution in [0, 0.1) is 5.92 Å². The minimum atomic E-state index is -0.969. The molecule has 0 aromatic heterocycles. The first-order valence-electron chi connectivity index (χ1n) is 11.0. The van der Waals surface area contributed by atoms with Gasteiger partial charge < -0.3 is 25.4 Å². The highest BCUT2D eigenvalue weighted by molar-refractivity contribution is 5.92. The van der Waals surface area contributed by atoms with Crippen LogP contribution in [0.2, 0.25) is 0 Å². The summed E-state index contributed by atoms with van der Waals surface area (Å²) in [6.45, 7) is 3.24. The van der Waals surface area contributed by atoms with Crippen molar-refractivity contribution in [2.45, 2.75) is 39.0 Å². The van der Waals surface area contributed by atoms with Crippen molar-refractivity contribution in [1.82, 2.24) is 16.0 Å². The van der Waals surface area contributed by atoms with Crippen LogP contribution in [0.3, 0.4) is 0 Å². The van der Waals surface area contributed by atoms with Crippen LogP contribution in [0.15, 0.2) is 60.7 Å². The largest absolute Gasteiger partial charge is 0.467 e. The first-order valence-corrected chi connectivity index (χ1v) is 11.0. The van der Waals surface area contributed by atoms with Crippen LogP contribution >= 0.6 is 0 Å². The average molecular weight is 470 g/mol. The summed E-state index contributed by atoms with van der Waals surface area (Å²) in [5.74, 6) is -1.90. The van der Waals surface area contributed by atoms with Gasteiger partial charge in [-0.3, -0.25) is 9.59 Å². The Bertz CT molecular complexity index is 950. The van der Waals surface area contributed by atoms with Crippen LogP contribution in [-0.4, -0.2) is 49.6 Å². The first kappa shape index (κ1) is 26.4. The van der Waals surface area contributed by atoms with Crippen molar-refractivity contribution < 1.29 is 28.7 Å². The molecular formula is C25H31N3O6. The van der Waals surface area contributed by atoms with Gasteiger partial charge in [-0.1, -0.05) is 74.5 Å². The van der Waals surface area contributed by atoms with E-state index < -0.39 is 36.0 Å². The Morgan fingerprint density at radius 1 is 0.853 bits per heavy atom. The van der Waals surface area contributed by atoms with Crippen LogP contribution in [0.5, 0.6) is 0 Å². The van der Waals surface area contributed by atoms with E-state index in [0.717, 1.165) is 11.1 Å². The molecule has 0 aliphatic carbocycles. The van der Waals surface area contributed by atoms with Gasteiger partial charge >= 0.3 is 12.1 Å². The molecule has 9 heteroatoms. The topological polar surface area (TPSA) is 123 Å². The monoisotopic (exact) mass is 469 g/mol. The minimum absolute atomic E-state index is 0.0669. The standard InChI is InChI=1S/C25H31N3O6/c1-17(2)22(24(31)33-3)28-23(30)20(14-18-10-6-4-7-11-18)27-21(29)15-26-25(32)34-16-19-12-8-5-9-13-19/h4-13,17,20,22H,14-16H2,1-3H3,(H,26,32)(H,27,29)(H,28,30)/t20-,22+/m0/s1. The van der Waals surface area contributed by atoms with E-state index in [1.54, 1.807) is 13.8 Å². The molecule has 0 radical (unpaired) electrons. The molecule has 34 heavy (non-hydrogen) atoms. The Kier molecular flexibility index (Phi) is 10.6. The van der Waals surface area contributed by atoms with E-state index >= 15 is 0 Å². The zero-order valence-electron chi connectivity index (χ0n) is 19.6. The summed E-state index contributed by atoms with van der Waals surface area (Å²) in [4.78, 5) is 49.4. The number of benzene rings is 2. The third-order valence-electron chi connectivity index (χ3n) is 4.96. The highest BCUT2D eigenvalue weighted by Gasteiger charge is 2.29. The highest BCUT2D eigenvalue weighted by atomic mass is 16.5. The molecule has 2 aromatic carbocycles. The number of amides is 3. The molecule has 0 unspecified atom stereocenters. The number of nitrogens with one attached hydrogen (secondary N) is 3. The van der Waals surface area contributed by atoms with Crippen molar-refractivity contribution in [2.75, 3.05) is 13.7 Å². The molecule has 0 aliphatic heterocycles. The van der Waals surface area contributed by atoms with Gasteiger partial charge in [-0.25, -0.2) is 9.59 Å². The number of carbonyl (C=O) groups excluding carboxylic acids is 4. The van der Waals surface area contributed by atoms with E-state index in [1.165, 1.54) is 7.11 Å². The van der Waals surface area contributed by atoms with Crippen molar-refractivity contribution >= 4 is 23.9 Å². The maximum absolute atomic E-state index is 13.0. The third-order valence-corrected chi connectivity index (χ3v) is 4.96. The number of alkyl carbamates (subject to hydrolysis) is 1. The van der Waals surface area contributed by atoms with Crippen LogP contribution in [0.1, 0.15) is 25.0 Å². The summed E-state index contributed by atoms with van der Waals surface area (Å²) >= 11 is 0. The third kappa shape index (κ3) is 8.93. The average Bonchev–Trinajstić information content (AvgIpc) is 2.84. The molecular weight excluding hydrogens is 438 g/mol. The van der Waals surface area contributed by atoms with Gasteiger partial charge in [0.05, 0.1) is 7.11 Å². The number of hydrogen-bond donors (Lipinski definition) is 3. The van der Waals surface area contributed by atoms with Gasteiger partial charge in [0.1, 0.15) is 25.2 Å². The summed E-state index contributed by atoms with van der Waals surface area (Å²) in [6, 6.07) is 16.4. The molecule has 2 atom stereocenters. The highest BCUT2D eigenvalue weighted by Crippen LogP contribution is 2.07. The van der Waals surface area contributed by atoms with E-state index in [-0.39, 0.29) is 25.5 Å². The zero-order chi connectivity index (χ0) is 24.9. The lowest BCUT2D eigenvalue weighted by Crippen LogP contribution is -2.55. The summed E-state index contributed by atoms with van der Waals surface area (Å²) < 4.78 is 9.85. The molecule has 0 aliphatic rings. The number of methoxy groups -OCH3 is 1. The van der Waals surface area contributed by atoms with Gasteiger partial charge in [0.25, 0.3) is 0 Å². The fourth-order valence-corrected chi connectivity index (χ4v) is 3.11. The number of carbonyl (C=O) groups is 4. The number of esters is 1. The molecule has 182 valence electrons. The number of rotatable bonds is 11. The van der Waals surface area contributed by atoms with E-state index in [0.29, 0.717) is 0 Å². The van der Waals surface area contributed by atoms with Crippen molar-refractivity contribution in [3.8, 4) is 0 Å². The van der Waals surface area contributed by atoms with Crippen LogP contribution in [0.25, 0.3) is 0 Å². The van der Waals surface area contributed by atoms with Crippen LogP contribution in [0.4, 0.5) is 4.79 Å². The maximum atomic E-state index is 13.0. The van der Waals surface area contributed by atoms with Crippen molar-refractivity contribution in [3.05, 3.63) is 71.8 Å². The van der Waals surface area contributed by atoms with E-state index in [1.807, 2.05) is 60.7 Å². The quantitative estimate of drug-likeness (QED) is 0.433. The van der Waals surface area contributed by atoms with E-state index in [4.69, 9.17) is 9.47 Å². The van der Waals surface area contributed by atoms with Gasteiger partial charge in [-0.05, 0) is 17.0 Å². The normalized spacial score (nSPS) is 12.2. The Labute approximate surface area is 199 Å². The molecule has 2 aromatic rings. The van der Waals surface area contributed by atoms with Gasteiger partial charge in [0.15, 0.2) is 0 Å². The lowest BCUT2D eigenvalue weighted by Gasteiger charge is -2.24. The minimum Gasteiger partial charge on any atom is -0.467 e. The fourth-order valence-electron chi connectivity index (χ4n) is 3.11. The molecule has 3 N–H and O–H groups in total. The molecule has 0 fully saturated rings. The second-order valence-electron chi connectivity index (χ2n) is 7.98. The molecule has 9 nitrogen and oxygen atoms in total. The maximum Gasteiger partial charge on any atom is 0.407 e. The van der Waals surface area contributed by atoms with Crippen molar-refractivity contribution in [1.29, 1.82) is 0 Å². The molecule has 0 saturated heterocycles. The Morgan fingerprint density at radius 2 is 1.44 bits per heavy atom. The molecule has 0 spiro atoms. The molecule has 2 rings (SSSR count). The van der Waals surface area contributed by atoms with Gasteiger partial charge in [0, 0.05) is 6.42 Å². The smallest absolute Gasteiger partial charge is 0.407 e. The summed E-state index contributed by atoms with van der Waals surface area (Å²) in [6.07, 6.45) is -0.559. The first-order chi connectivity index (χ1) is 16.3.